The van der Waals surface area contributed by atoms with E-state index in [1.54, 1.807) is 0 Å². The third kappa shape index (κ3) is 11.2. The van der Waals surface area contributed by atoms with Crippen LogP contribution in [-0.2, 0) is 11.0 Å². The first kappa shape index (κ1) is 63.6. The van der Waals surface area contributed by atoms with Gasteiger partial charge >= 0.3 is 1.43 Å². The van der Waals surface area contributed by atoms with Gasteiger partial charge < -0.3 is 5.11 Å². The van der Waals surface area contributed by atoms with Crippen LogP contribution in [0.3, 0.4) is 0 Å². The van der Waals surface area contributed by atoms with Gasteiger partial charge in [-0.1, -0.05) is 379 Å². The lowest BCUT2D eigenvalue weighted by Gasteiger charge is -2.35. The maximum absolute atomic E-state index is 12.9. The molecule has 0 aliphatic heterocycles. The summed E-state index contributed by atoms with van der Waals surface area (Å²) >= 11 is 14.5. The first-order valence-corrected chi connectivity index (χ1v) is 36.2. The molecule has 0 heterocycles. The Labute approximate surface area is 611 Å². The molecule has 0 bridgehead atoms. The normalized spacial score (nSPS) is 13.7. The van der Waals surface area contributed by atoms with Gasteiger partial charge in [0.25, 0.3) is 0 Å². The Bertz CT molecular complexity index is 5830. The highest BCUT2D eigenvalue weighted by atomic mass is 79.9. The standard InChI is InChI=1S/C31H21BrO.C31H19Br.C19H11BrO.C12H9Br/c32-22-18-19-27-25-14-5-4-13-24(25)26-15-7-9-17-29(26)31(33,30(27)20-22)28-16-8-6-12-23(28)21-10-2-1-3-11-21;32-20-17-18-26-22-10-2-1-9-21(22)23-11-3-6-14-27(23)31(30(26)19-20)28-15-7-4-12-24(28)25-13-5-8-16-29(25)31;20-12-9-10-16-14-6-2-1-5-13(14)15-7-3-4-8-17(15)19(21)18(16)11-12;13-12-9-5-4-8-11(12)10-6-2-1-3-7-10/h1-20,33H;1-19H;1-11H;1-9H/p+1. The number of fused-ring (bicyclic) bond motifs is 22. The minimum absolute atomic E-state index is 0. The number of aliphatic hydroxyl groups is 1. The molecule has 1 spiro atoms. The van der Waals surface area contributed by atoms with Crippen molar-refractivity contribution in [3.8, 4) is 77.9 Å². The van der Waals surface area contributed by atoms with Crippen molar-refractivity contribution >= 4 is 96.0 Å². The SMILES string of the molecule is Brc1ccc2c(c1)C1(c3ccccc3-c3ccccc3-2)c2ccccc2-c2ccccc21.Brc1ccccc1-c1ccccc1.O=c1c2ccccc2c2ccccc2c2ccc(Br)cc12.OC1(c2ccccc2-c2ccccc2)c2ccccc2-c2ccccc2-c2ccc(Br)cc21.[H+]. The first-order chi connectivity index (χ1) is 48.6. The highest BCUT2D eigenvalue weighted by molar-refractivity contribution is 9.11. The van der Waals surface area contributed by atoms with E-state index >= 15 is 0 Å². The van der Waals surface area contributed by atoms with Gasteiger partial charge in [-0.2, -0.15) is 0 Å². The van der Waals surface area contributed by atoms with Crippen molar-refractivity contribution in [1.82, 2.24) is 0 Å². The van der Waals surface area contributed by atoms with Crippen LogP contribution < -0.4 is 5.43 Å². The van der Waals surface area contributed by atoms with Gasteiger partial charge in [-0.05, 0) is 164 Å². The molecule has 1 unspecified atom stereocenters. The molecule has 0 aromatic heterocycles. The van der Waals surface area contributed by atoms with Gasteiger partial charge in [-0.15, -0.1) is 0 Å². The molecule has 0 amide bonds. The van der Waals surface area contributed by atoms with Gasteiger partial charge in [-0.25, -0.2) is 0 Å². The first-order valence-electron chi connectivity index (χ1n) is 33.0. The molecular weight excluding hydrogens is 1470 g/mol. The molecule has 2 nitrogen and oxygen atoms in total. The van der Waals surface area contributed by atoms with E-state index < -0.39 is 5.60 Å². The van der Waals surface area contributed by atoms with Gasteiger partial charge in [0.15, 0.2) is 5.43 Å². The van der Waals surface area contributed by atoms with E-state index in [0.29, 0.717) is 0 Å². The second-order valence-corrected chi connectivity index (χ2v) is 28.6. The van der Waals surface area contributed by atoms with Crippen molar-refractivity contribution in [2.75, 3.05) is 0 Å². The quantitative estimate of drug-likeness (QED) is 0.191. The molecule has 0 saturated heterocycles. The Morgan fingerprint density at radius 3 is 1.00 bits per heavy atom. The molecule has 0 radical (unpaired) electrons. The monoisotopic (exact) mass is 1530 g/mol. The van der Waals surface area contributed by atoms with Crippen molar-refractivity contribution in [3.05, 3.63) is 425 Å². The largest absolute Gasteiger partial charge is 1.00 e. The van der Waals surface area contributed by atoms with Crippen LogP contribution in [0.25, 0.3) is 110 Å². The zero-order valence-corrected chi connectivity index (χ0v) is 59.8. The van der Waals surface area contributed by atoms with Crippen LogP contribution >= 0.6 is 63.7 Å². The molecule has 0 fully saturated rings. The van der Waals surface area contributed by atoms with Crippen LogP contribution in [0.4, 0.5) is 0 Å². The Kier molecular flexibility index (Phi) is 17.3. The van der Waals surface area contributed by atoms with E-state index in [9.17, 15) is 9.90 Å². The molecule has 19 rings (SSSR count). The van der Waals surface area contributed by atoms with Gasteiger partial charge in [-0.3, -0.25) is 4.79 Å². The number of halogens is 4. The molecule has 6 heteroatoms. The van der Waals surface area contributed by atoms with Crippen molar-refractivity contribution < 1.29 is 6.53 Å². The summed E-state index contributed by atoms with van der Waals surface area (Å²) in [6.07, 6.45) is 0. The summed E-state index contributed by atoms with van der Waals surface area (Å²) in [5.41, 5.74) is 23.2. The summed E-state index contributed by atoms with van der Waals surface area (Å²) < 4.78 is 4.11. The van der Waals surface area contributed by atoms with Crippen molar-refractivity contribution in [3.63, 3.8) is 0 Å². The van der Waals surface area contributed by atoms with Crippen LogP contribution in [0, 0.1) is 0 Å². The van der Waals surface area contributed by atoms with Crippen LogP contribution in [-0.4, -0.2) is 5.11 Å². The third-order valence-electron chi connectivity index (χ3n) is 19.6. The summed E-state index contributed by atoms with van der Waals surface area (Å²) in [5, 5.41) is 18.7. The predicted molar refractivity (Wildman–Crippen MR) is 428 cm³/mol. The van der Waals surface area contributed by atoms with Crippen LogP contribution in [0.2, 0.25) is 0 Å². The number of hydrogen-bond donors (Lipinski definition) is 1. The fourth-order valence-corrected chi connectivity index (χ4v) is 17.0. The molecule has 3 aliphatic rings. The highest BCUT2D eigenvalue weighted by Gasteiger charge is 2.50. The molecule has 3 aliphatic carbocycles. The fourth-order valence-electron chi connectivity index (χ4n) is 15.4. The lowest BCUT2D eigenvalue weighted by Crippen LogP contribution is -2.30. The molecule has 472 valence electrons. The molecule has 16 aromatic rings. The highest BCUT2D eigenvalue weighted by Crippen LogP contribution is 2.62. The Balaban J connectivity index is 0.000000113. The Morgan fingerprint density at radius 1 is 0.222 bits per heavy atom. The summed E-state index contributed by atoms with van der Waals surface area (Å²) in [6.45, 7) is 0. The second-order valence-electron chi connectivity index (χ2n) is 25.0. The van der Waals surface area contributed by atoms with Gasteiger partial charge in [0, 0.05) is 45.4 Å². The van der Waals surface area contributed by atoms with Crippen LogP contribution in [0.5, 0.6) is 0 Å². The third-order valence-corrected chi connectivity index (χ3v) is 21.8. The Morgan fingerprint density at radius 2 is 0.515 bits per heavy atom. The number of benzene rings is 15. The molecule has 1 atom stereocenters. The van der Waals surface area contributed by atoms with Crippen molar-refractivity contribution in [2.45, 2.75) is 11.0 Å². The summed E-state index contributed by atoms with van der Waals surface area (Å²) in [4.78, 5) is 12.9. The lowest BCUT2D eigenvalue weighted by atomic mass is 9.66. The zero-order valence-electron chi connectivity index (χ0n) is 54.4. The molecular formula is C93H61Br4O2+. The van der Waals surface area contributed by atoms with E-state index in [1.807, 2.05) is 115 Å². The van der Waals surface area contributed by atoms with Crippen molar-refractivity contribution in [2.24, 2.45) is 0 Å². The molecule has 0 saturated carbocycles. The van der Waals surface area contributed by atoms with E-state index in [2.05, 4.69) is 306 Å². The van der Waals surface area contributed by atoms with E-state index in [4.69, 9.17) is 0 Å². The minimum Gasteiger partial charge on any atom is -0.376 e. The smallest absolute Gasteiger partial charge is 0.376 e. The molecule has 99 heavy (non-hydrogen) atoms. The topological polar surface area (TPSA) is 37.3 Å². The minimum atomic E-state index is -1.35. The van der Waals surface area contributed by atoms with Gasteiger partial charge in [0.05, 0.1) is 5.41 Å². The summed E-state index contributed by atoms with van der Waals surface area (Å²) in [5.74, 6) is 0. The van der Waals surface area contributed by atoms with Crippen LogP contribution in [0.15, 0.2) is 381 Å². The maximum Gasteiger partial charge on any atom is 1.00 e. The maximum atomic E-state index is 12.9. The van der Waals surface area contributed by atoms with Gasteiger partial charge in [0.2, 0.25) is 0 Å². The fraction of sp³-hybridized carbons (Fsp3) is 0.0215. The second kappa shape index (κ2) is 26.9. The van der Waals surface area contributed by atoms with Crippen molar-refractivity contribution in [1.29, 1.82) is 0 Å². The molecule has 16 aromatic carbocycles. The lowest BCUT2D eigenvalue weighted by molar-refractivity contribution is 0.127. The van der Waals surface area contributed by atoms with E-state index in [-0.39, 0.29) is 12.3 Å². The number of hydrogen-bond acceptors (Lipinski definition) is 2. The van der Waals surface area contributed by atoms with Gasteiger partial charge in [0.1, 0.15) is 5.60 Å². The predicted octanol–water partition coefficient (Wildman–Crippen LogP) is 26.0. The summed E-state index contributed by atoms with van der Waals surface area (Å²) in [6, 6.07) is 124. The van der Waals surface area contributed by atoms with E-state index in [0.717, 1.165) is 100 Å². The number of rotatable bonds is 3. The average Bonchev–Trinajstić information content (AvgIpc) is 1.52. The summed E-state index contributed by atoms with van der Waals surface area (Å²) in [7, 11) is 0. The van der Waals surface area contributed by atoms with Crippen LogP contribution in [0.1, 0.15) is 40.4 Å². The zero-order chi connectivity index (χ0) is 67.2. The Hall–Kier alpha value is -10.2. The average molecular weight is 1530 g/mol. The molecule has 1 N–H and O–H groups in total. The van der Waals surface area contributed by atoms with E-state index in [1.165, 1.54) is 66.8 Å².